The summed E-state index contributed by atoms with van der Waals surface area (Å²) in [7, 11) is 1.68. The Hall–Kier alpha value is -2.99. The molecule has 6 nitrogen and oxygen atoms in total. The Kier molecular flexibility index (Phi) is 5.48. The minimum Gasteiger partial charge on any atom is -0.497 e. The second-order valence-electron chi connectivity index (χ2n) is 7.09. The lowest BCUT2D eigenvalue weighted by atomic mass is 9.98. The number of aromatic amines is 1. The van der Waals surface area contributed by atoms with Crippen molar-refractivity contribution < 1.29 is 4.74 Å². The van der Waals surface area contributed by atoms with E-state index < -0.39 is 0 Å². The van der Waals surface area contributed by atoms with Crippen LogP contribution in [0.25, 0.3) is 11.4 Å². The average Bonchev–Trinajstić information content (AvgIpc) is 2.74. The van der Waals surface area contributed by atoms with Gasteiger partial charge in [0.15, 0.2) is 0 Å². The summed E-state index contributed by atoms with van der Waals surface area (Å²) in [6.07, 6.45) is 6.71. The van der Waals surface area contributed by atoms with Gasteiger partial charge in [0.1, 0.15) is 11.6 Å². The van der Waals surface area contributed by atoms with Crippen molar-refractivity contribution in [2.75, 3.05) is 13.7 Å². The van der Waals surface area contributed by atoms with E-state index >= 15 is 0 Å². The molecular weight excluding hydrogens is 352 g/mol. The molecule has 0 aliphatic carbocycles. The van der Waals surface area contributed by atoms with E-state index in [1.807, 2.05) is 24.3 Å². The highest BCUT2D eigenvalue weighted by Crippen LogP contribution is 2.31. The number of nitrogens with one attached hydrogen (secondary N) is 1. The van der Waals surface area contributed by atoms with Gasteiger partial charge < -0.3 is 9.72 Å². The highest BCUT2D eigenvalue weighted by atomic mass is 16.5. The molecule has 3 aromatic rings. The van der Waals surface area contributed by atoms with Gasteiger partial charge in [0.05, 0.1) is 18.8 Å². The lowest BCUT2D eigenvalue weighted by Crippen LogP contribution is -2.34. The predicted octanol–water partition coefficient (Wildman–Crippen LogP) is 3.57. The van der Waals surface area contributed by atoms with Crippen molar-refractivity contribution in [1.82, 2.24) is 19.9 Å². The first kappa shape index (κ1) is 18.4. The van der Waals surface area contributed by atoms with Crippen molar-refractivity contribution in [2.24, 2.45) is 0 Å². The van der Waals surface area contributed by atoms with Crippen LogP contribution in [0.2, 0.25) is 0 Å². The van der Waals surface area contributed by atoms with Crippen LogP contribution in [-0.4, -0.2) is 33.5 Å². The fourth-order valence-electron chi connectivity index (χ4n) is 3.81. The highest BCUT2D eigenvalue weighted by molar-refractivity contribution is 5.52. The van der Waals surface area contributed by atoms with Gasteiger partial charge in [-0.15, -0.1) is 0 Å². The molecule has 0 saturated carbocycles. The van der Waals surface area contributed by atoms with Crippen molar-refractivity contribution in [1.29, 1.82) is 0 Å². The molecule has 144 valence electrons. The van der Waals surface area contributed by atoms with E-state index in [1.165, 1.54) is 5.56 Å². The molecule has 0 bridgehead atoms. The Morgan fingerprint density at radius 3 is 2.96 bits per heavy atom. The van der Waals surface area contributed by atoms with E-state index in [0.29, 0.717) is 5.82 Å². The van der Waals surface area contributed by atoms with Crippen LogP contribution < -0.4 is 10.3 Å². The van der Waals surface area contributed by atoms with Crippen LogP contribution in [-0.2, 0) is 6.54 Å². The quantitative estimate of drug-likeness (QED) is 0.737. The van der Waals surface area contributed by atoms with Gasteiger partial charge in [-0.25, -0.2) is 4.98 Å². The zero-order valence-corrected chi connectivity index (χ0v) is 16.0. The molecule has 0 unspecified atom stereocenters. The summed E-state index contributed by atoms with van der Waals surface area (Å²) in [4.78, 5) is 26.5. The number of rotatable bonds is 5. The maximum Gasteiger partial charge on any atom is 0.251 e. The van der Waals surface area contributed by atoms with Crippen molar-refractivity contribution in [3.8, 4) is 17.1 Å². The summed E-state index contributed by atoms with van der Waals surface area (Å²) in [6, 6.07) is 13.7. The molecule has 1 N–H and O–H groups in total. The maximum absolute atomic E-state index is 12.3. The number of benzene rings is 1. The average molecular weight is 376 g/mol. The van der Waals surface area contributed by atoms with E-state index in [9.17, 15) is 4.79 Å². The topological polar surface area (TPSA) is 71.1 Å². The minimum atomic E-state index is -0.129. The lowest BCUT2D eigenvalue weighted by Gasteiger charge is -2.35. The molecule has 1 atom stereocenters. The van der Waals surface area contributed by atoms with Crippen LogP contribution in [0.15, 0.2) is 59.7 Å². The number of pyridine rings is 1. The predicted molar refractivity (Wildman–Crippen MR) is 108 cm³/mol. The molecule has 0 radical (unpaired) electrons. The molecule has 1 aromatic carbocycles. The molecule has 1 aliphatic rings. The minimum absolute atomic E-state index is 0.123. The second-order valence-corrected chi connectivity index (χ2v) is 7.09. The molecule has 28 heavy (non-hydrogen) atoms. The highest BCUT2D eigenvalue weighted by Gasteiger charge is 2.26. The Balaban J connectivity index is 1.64. The van der Waals surface area contributed by atoms with Crippen LogP contribution in [0.1, 0.15) is 36.6 Å². The number of piperidine rings is 1. The smallest absolute Gasteiger partial charge is 0.251 e. The third-order valence-electron chi connectivity index (χ3n) is 5.17. The summed E-state index contributed by atoms with van der Waals surface area (Å²) in [6.45, 7) is 1.79. The monoisotopic (exact) mass is 376 g/mol. The number of aromatic nitrogens is 3. The molecule has 3 heterocycles. The first-order chi connectivity index (χ1) is 13.7. The van der Waals surface area contributed by atoms with E-state index in [2.05, 4.69) is 27.0 Å². The first-order valence-electron chi connectivity index (χ1n) is 9.61. The molecule has 4 rings (SSSR count). The van der Waals surface area contributed by atoms with Crippen molar-refractivity contribution in [2.45, 2.75) is 31.8 Å². The van der Waals surface area contributed by atoms with Crippen LogP contribution in [0, 0.1) is 0 Å². The van der Waals surface area contributed by atoms with Crippen molar-refractivity contribution >= 4 is 0 Å². The number of nitrogens with zero attached hydrogens (tertiary/aromatic N) is 3. The van der Waals surface area contributed by atoms with Gasteiger partial charge in [0.25, 0.3) is 5.56 Å². The van der Waals surface area contributed by atoms with Crippen LogP contribution in [0.4, 0.5) is 0 Å². The first-order valence-corrected chi connectivity index (χ1v) is 9.61. The zero-order chi connectivity index (χ0) is 19.3. The van der Waals surface area contributed by atoms with Gasteiger partial charge in [0, 0.05) is 30.6 Å². The van der Waals surface area contributed by atoms with Gasteiger partial charge in [-0.3, -0.25) is 14.7 Å². The third kappa shape index (κ3) is 4.12. The Bertz CT molecular complexity index is 987. The molecule has 2 aromatic heterocycles. The van der Waals surface area contributed by atoms with Gasteiger partial charge in [-0.05, 0) is 49.2 Å². The summed E-state index contributed by atoms with van der Waals surface area (Å²) in [5, 5.41) is 0. The molecule has 1 fully saturated rings. The third-order valence-corrected chi connectivity index (χ3v) is 5.17. The van der Waals surface area contributed by atoms with E-state index in [-0.39, 0.29) is 11.6 Å². The standard InChI is InChI=1S/C22H24N4O2/c1-28-18-8-4-6-16(12-18)15-26-11-3-2-9-20(26)19-13-21(27)25-22(24-19)17-7-5-10-23-14-17/h4-8,10,12-14,20H,2-3,9,11,15H2,1H3,(H,24,25,27)/t20-/m1/s1. The molecule has 1 saturated heterocycles. The van der Waals surface area contributed by atoms with E-state index in [1.54, 1.807) is 25.6 Å². The van der Waals surface area contributed by atoms with Crippen LogP contribution in [0.5, 0.6) is 5.75 Å². The van der Waals surface area contributed by atoms with Gasteiger partial charge in [-0.1, -0.05) is 18.6 Å². The molecule has 6 heteroatoms. The SMILES string of the molecule is COc1cccc(CN2CCCC[C@@H]2c2cc(=O)[nH]c(-c3cccnc3)n2)c1. The van der Waals surface area contributed by atoms with Crippen LogP contribution >= 0.6 is 0 Å². The van der Waals surface area contributed by atoms with Gasteiger partial charge >= 0.3 is 0 Å². The fourth-order valence-corrected chi connectivity index (χ4v) is 3.81. The Labute approximate surface area is 164 Å². The molecule has 0 amide bonds. The summed E-state index contributed by atoms with van der Waals surface area (Å²) in [5.74, 6) is 1.43. The van der Waals surface area contributed by atoms with E-state index in [0.717, 1.165) is 49.4 Å². The Morgan fingerprint density at radius 1 is 1.21 bits per heavy atom. The largest absolute Gasteiger partial charge is 0.497 e. The van der Waals surface area contributed by atoms with Gasteiger partial charge in [-0.2, -0.15) is 0 Å². The number of hydrogen-bond donors (Lipinski definition) is 1. The summed E-state index contributed by atoms with van der Waals surface area (Å²) >= 11 is 0. The molecule has 1 aliphatic heterocycles. The fraction of sp³-hybridized carbons (Fsp3) is 0.318. The van der Waals surface area contributed by atoms with Crippen molar-refractivity contribution in [3.63, 3.8) is 0 Å². The molecule has 0 spiro atoms. The van der Waals surface area contributed by atoms with E-state index in [4.69, 9.17) is 9.72 Å². The number of likely N-dealkylation sites (tertiary alicyclic amines) is 1. The number of methoxy groups -OCH3 is 1. The number of ether oxygens (including phenoxy) is 1. The van der Waals surface area contributed by atoms with Gasteiger partial charge in [0.2, 0.25) is 0 Å². The number of hydrogen-bond acceptors (Lipinski definition) is 5. The maximum atomic E-state index is 12.3. The molecular formula is C22H24N4O2. The lowest BCUT2D eigenvalue weighted by molar-refractivity contribution is 0.137. The second kappa shape index (κ2) is 8.35. The summed E-state index contributed by atoms with van der Waals surface area (Å²) < 4.78 is 5.35. The van der Waals surface area contributed by atoms with Crippen LogP contribution in [0.3, 0.4) is 0 Å². The summed E-state index contributed by atoms with van der Waals surface area (Å²) in [5.41, 5.74) is 2.71. The zero-order valence-electron chi connectivity index (χ0n) is 16.0. The Morgan fingerprint density at radius 2 is 2.14 bits per heavy atom. The number of H-pyrrole nitrogens is 1. The normalized spacial score (nSPS) is 17.4. The van der Waals surface area contributed by atoms with Crippen molar-refractivity contribution in [3.05, 3.63) is 76.5 Å².